The minimum absolute atomic E-state index is 0.227. The van der Waals surface area contributed by atoms with E-state index < -0.39 is 5.66 Å². The maximum atomic E-state index is 11.1. The van der Waals surface area contributed by atoms with Gasteiger partial charge in [-0.1, -0.05) is 30.3 Å². The van der Waals surface area contributed by atoms with Crippen LogP contribution in [0, 0.1) is 0 Å². The molecule has 0 radical (unpaired) electrons. The van der Waals surface area contributed by atoms with Crippen molar-refractivity contribution in [1.82, 2.24) is 0 Å². The van der Waals surface area contributed by atoms with Gasteiger partial charge >= 0.3 is 5.97 Å². The fraction of sp³-hybridized carbons (Fsp3) is 0.357. The fourth-order valence-electron chi connectivity index (χ4n) is 1.83. The SMILES string of the molecule is COC(=O)CCC1(C)N=CC(c2ccccc2)=N1. The normalized spacial score (nSPS) is 21.8. The maximum absolute atomic E-state index is 11.1. The average molecular weight is 244 g/mol. The van der Waals surface area contributed by atoms with Crippen molar-refractivity contribution in [2.75, 3.05) is 7.11 Å². The van der Waals surface area contributed by atoms with Crippen molar-refractivity contribution in [3.63, 3.8) is 0 Å². The van der Waals surface area contributed by atoms with Crippen molar-refractivity contribution in [3.05, 3.63) is 35.9 Å². The molecule has 0 N–H and O–H groups in total. The first kappa shape index (κ1) is 12.5. The lowest BCUT2D eigenvalue weighted by Crippen LogP contribution is -2.18. The number of rotatable bonds is 4. The summed E-state index contributed by atoms with van der Waals surface area (Å²) in [6.45, 7) is 1.92. The Kier molecular flexibility index (Phi) is 3.55. The highest BCUT2D eigenvalue weighted by Gasteiger charge is 2.27. The summed E-state index contributed by atoms with van der Waals surface area (Å²) in [6.07, 6.45) is 2.66. The number of aliphatic imine (C=N–C) groups is 2. The zero-order valence-electron chi connectivity index (χ0n) is 10.6. The molecule has 2 rings (SSSR count). The van der Waals surface area contributed by atoms with Gasteiger partial charge < -0.3 is 4.74 Å². The van der Waals surface area contributed by atoms with E-state index in [1.807, 2.05) is 37.3 Å². The standard InChI is InChI=1S/C14H16N2O2/c1-14(9-8-13(17)18-2)15-10-12(16-14)11-6-4-3-5-7-11/h3-7,10H,8-9H2,1-2H3. The summed E-state index contributed by atoms with van der Waals surface area (Å²) < 4.78 is 4.63. The molecule has 0 bridgehead atoms. The van der Waals surface area contributed by atoms with E-state index in [-0.39, 0.29) is 5.97 Å². The van der Waals surface area contributed by atoms with Crippen LogP contribution in [0.25, 0.3) is 0 Å². The zero-order chi connectivity index (χ0) is 13.0. The molecule has 0 saturated heterocycles. The van der Waals surface area contributed by atoms with Crippen LogP contribution < -0.4 is 0 Å². The number of methoxy groups -OCH3 is 1. The molecule has 0 amide bonds. The lowest BCUT2D eigenvalue weighted by Gasteiger charge is -2.16. The zero-order valence-corrected chi connectivity index (χ0v) is 10.6. The highest BCUT2D eigenvalue weighted by molar-refractivity contribution is 6.39. The minimum Gasteiger partial charge on any atom is -0.469 e. The summed E-state index contributed by atoms with van der Waals surface area (Å²) in [6, 6.07) is 9.89. The first-order valence-corrected chi connectivity index (χ1v) is 5.90. The van der Waals surface area contributed by atoms with Gasteiger partial charge in [-0.25, -0.2) is 0 Å². The molecule has 1 aromatic rings. The second kappa shape index (κ2) is 5.12. The van der Waals surface area contributed by atoms with Crippen LogP contribution >= 0.6 is 0 Å². The van der Waals surface area contributed by atoms with Crippen LogP contribution in [-0.2, 0) is 9.53 Å². The van der Waals surface area contributed by atoms with Gasteiger partial charge in [-0.2, -0.15) is 0 Å². The third kappa shape index (κ3) is 2.83. The van der Waals surface area contributed by atoms with Crippen molar-refractivity contribution < 1.29 is 9.53 Å². The second-order valence-electron chi connectivity index (χ2n) is 4.41. The highest BCUT2D eigenvalue weighted by atomic mass is 16.5. The number of hydrogen-bond donors (Lipinski definition) is 0. The van der Waals surface area contributed by atoms with E-state index in [4.69, 9.17) is 0 Å². The topological polar surface area (TPSA) is 51.0 Å². The van der Waals surface area contributed by atoms with Gasteiger partial charge in [0.1, 0.15) is 5.66 Å². The predicted molar refractivity (Wildman–Crippen MR) is 71.1 cm³/mol. The van der Waals surface area contributed by atoms with Crippen molar-refractivity contribution in [3.8, 4) is 0 Å². The molecule has 1 aliphatic rings. The Bertz CT molecular complexity index is 494. The molecule has 4 heteroatoms. The quantitative estimate of drug-likeness (QED) is 0.762. The number of nitrogens with zero attached hydrogens (tertiary/aromatic N) is 2. The minimum atomic E-state index is -0.542. The number of carbonyl (C=O) groups excluding carboxylic acids is 1. The molecule has 1 heterocycles. The molecule has 0 aliphatic carbocycles. The Labute approximate surface area is 106 Å². The summed E-state index contributed by atoms with van der Waals surface area (Å²) in [4.78, 5) is 20.1. The van der Waals surface area contributed by atoms with E-state index in [1.54, 1.807) is 6.21 Å². The summed E-state index contributed by atoms with van der Waals surface area (Å²) in [5.41, 5.74) is 1.37. The highest BCUT2D eigenvalue weighted by Crippen LogP contribution is 2.24. The maximum Gasteiger partial charge on any atom is 0.305 e. The number of esters is 1. The lowest BCUT2D eigenvalue weighted by atomic mass is 10.1. The number of hydrogen-bond acceptors (Lipinski definition) is 4. The summed E-state index contributed by atoms with van der Waals surface area (Å²) in [5.74, 6) is -0.227. The summed E-state index contributed by atoms with van der Waals surface area (Å²) in [5, 5.41) is 0. The second-order valence-corrected chi connectivity index (χ2v) is 4.41. The molecule has 18 heavy (non-hydrogen) atoms. The third-order valence-corrected chi connectivity index (χ3v) is 2.93. The summed E-state index contributed by atoms with van der Waals surface area (Å²) >= 11 is 0. The Balaban J connectivity index is 2.08. The van der Waals surface area contributed by atoms with E-state index in [9.17, 15) is 4.79 Å². The largest absolute Gasteiger partial charge is 0.469 e. The van der Waals surface area contributed by atoms with Crippen LogP contribution in [0.15, 0.2) is 40.3 Å². The predicted octanol–water partition coefficient (Wildman–Crippen LogP) is 2.23. The third-order valence-electron chi connectivity index (χ3n) is 2.93. The summed E-state index contributed by atoms with van der Waals surface area (Å²) in [7, 11) is 1.39. The fourth-order valence-corrected chi connectivity index (χ4v) is 1.83. The number of carbonyl (C=O) groups is 1. The van der Waals surface area contributed by atoms with Crippen LogP contribution in [-0.4, -0.2) is 30.7 Å². The van der Waals surface area contributed by atoms with Gasteiger partial charge in [0.05, 0.1) is 19.0 Å². The number of ether oxygens (including phenoxy) is 1. The van der Waals surface area contributed by atoms with Crippen LogP contribution in [0.1, 0.15) is 25.3 Å². The molecular weight excluding hydrogens is 228 g/mol. The van der Waals surface area contributed by atoms with E-state index in [1.165, 1.54) is 7.11 Å². The number of benzene rings is 1. The van der Waals surface area contributed by atoms with Crippen LogP contribution in [0.3, 0.4) is 0 Å². The van der Waals surface area contributed by atoms with Crippen molar-refractivity contribution in [2.24, 2.45) is 9.98 Å². The molecule has 1 aliphatic heterocycles. The van der Waals surface area contributed by atoms with Crippen LogP contribution in [0.2, 0.25) is 0 Å². The molecule has 1 atom stereocenters. The molecule has 1 aromatic carbocycles. The first-order chi connectivity index (χ1) is 8.63. The van der Waals surface area contributed by atoms with Gasteiger partial charge in [0.15, 0.2) is 0 Å². The van der Waals surface area contributed by atoms with Crippen molar-refractivity contribution >= 4 is 17.9 Å². The Morgan fingerprint density at radius 1 is 1.33 bits per heavy atom. The monoisotopic (exact) mass is 244 g/mol. The van der Waals surface area contributed by atoms with E-state index in [0.29, 0.717) is 12.8 Å². The average Bonchev–Trinajstić information content (AvgIpc) is 2.80. The van der Waals surface area contributed by atoms with E-state index >= 15 is 0 Å². The lowest BCUT2D eigenvalue weighted by molar-refractivity contribution is -0.141. The van der Waals surface area contributed by atoms with Crippen molar-refractivity contribution in [1.29, 1.82) is 0 Å². The van der Waals surface area contributed by atoms with Gasteiger partial charge in [0, 0.05) is 18.4 Å². The van der Waals surface area contributed by atoms with Gasteiger partial charge in [-0.15, -0.1) is 0 Å². The first-order valence-electron chi connectivity index (χ1n) is 5.90. The molecule has 0 spiro atoms. The van der Waals surface area contributed by atoms with Gasteiger partial charge in [0.25, 0.3) is 0 Å². The smallest absolute Gasteiger partial charge is 0.305 e. The van der Waals surface area contributed by atoms with E-state index in [2.05, 4.69) is 14.7 Å². The molecule has 0 fully saturated rings. The van der Waals surface area contributed by atoms with Gasteiger partial charge in [-0.05, 0) is 6.92 Å². The van der Waals surface area contributed by atoms with Gasteiger partial charge in [0.2, 0.25) is 0 Å². The van der Waals surface area contributed by atoms with E-state index in [0.717, 1.165) is 11.3 Å². The molecule has 94 valence electrons. The Morgan fingerprint density at radius 3 is 2.72 bits per heavy atom. The Hall–Kier alpha value is -1.97. The van der Waals surface area contributed by atoms with Crippen LogP contribution in [0.4, 0.5) is 0 Å². The molecule has 4 nitrogen and oxygen atoms in total. The van der Waals surface area contributed by atoms with Crippen LogP contribution in [0.5, 0.6) is 0 Å². The molecule has 0 saturated carbocycles. The molecule has 1 unspecified atom stereocenters. The van der Waals surface area contributed by atoms with Gasteiger partial charge in [-0.3, -0.25) is 14.8 Å². The Morgan fingerprint density at radius 2 is 2.06 bits per heavy atom. The molecular formula is C14H16N2O2. The van der Waals surface area contributed by atoms with Crippen molar-refractivity contribution in [2.45, 2.75) is 25.4 Å². The molecule has 0 aromatic heterocycles.